The van der Waals surface area contributed by atoms with Crippen LogP contribution in [0.15, 0.2) is 176 Å². The average molecular weight is 585 g/mol. The summed E-state index contributed by atoms with van der Waals surface area (Å²) < 4.78 is 0. The smallest absolute Gasteiger partial charge is 0.0622 e. The van der Waals surface area contributed by atoms with Crippen molar-refractivity contribution in [2.24, 2.45) is 0 Å². The predicted molar refractivity (Wildman–Crippen MR) is 194 cm³/mol. The summed E-state index contributed by atoms with van der Waals surface area (Å²) in [5.41, 5.74) is 13.6. The molecule has 0 bridgehead atoms. The van der Waals surface area contributed by atoms with Crippen molar-refractivity contribution in [2.75, 3.05) is 0 Å². The van der Waals surface area contributed by atoms with Gasteiger partial charge in [-0.05, 0) is 96.2 Å². The van der Waals surface area contributed by atoms with Crippen LogP contribution in [0.4, 0.5) is 0 Å². The van der Waals surface area contributed by atoms with Crippen LogP contribution in [0.25, 0.3) is 54.9 Å². The highest BCUT2D eigenvalue weighted by atomic mass is 14.5. The molecular formula is C46H32. The van der Waals surface area contributed by atoms with E-state index in [9.17, 15) is 0 Å². The van der Waals surface area contributed by atoms with Crippen molar-refractivity contribution in [1.82, 2.24) is 0 Å². The van der Waals surface area contributed by atoms with E-state index in [0.717, 1.165) is 0 Å². The zero-order chi connectivity index (χ0) is 30.7. The van der Waals surface area contributed by atoms with Gasteiger partial charge in [0.2, 0.25) is 0 Å². The minimum atomic E-state index is -0.485. The number of rotatable bonds is 4. The summed E-state index contributed by atoms with van der Waals surface area (Å²) in [6.45, 7) is 2.17. The molecule has 0 unspecified atom stereocenters. The molecule has 0 amide bonds. The standard InChI is InChI=1S/C46H32/c1-31-21-25-37(26-22-31)46(36-15-3-2-4-16-36)44-29-34(40-19-9-13-32-11-5-7-17-38(32)40)23-27-42(44)43-28-24-35(30-45(43)46)41-20-10-14-33-12-6-8-18-39(33)41/h2-30H,1H3. The summed E-state index contributed by atoms with van der Waals surface area (Å²) in [6.07, 6.45) is 0. The Hall–Kier alpha value is -5.72. The first kappa shape index (κ1) is 26.7. The lowest BCUT2D eigenvalue weighted by molar-refractivity contribution is 0.768. The largest absolute Gasteiger partial charge is 0.0714 e. The summed E-state index contributed by atoms with van der Waals surface area (Å²) >= 11 is 0. The molecule has 1 aliphatic rings. The molecule has 0 N–H and O–H groups in total. The summed E-state index contributed by atoms with van der Waals surface area (Å²) in [6, 6.07) is 65.4. The Labute approximate surface area is 270 Å². The average Bonchev–Trinajstić information content (AvgIpc) is 3.41. The lowest BCUT2D eigenvalue weighted by atomic mass is 9.67. The fraction of sp³-hybridized carbons (Fsp3) is 0.0435. The summed E-state index contributed by atoms with van der Waals surface area (Å²) in [7, 11) is 0. The van der Waals surface area contributed by atoms with Crippen LogP contribution in [0.3, 0.4) is 0 Å². The SMILES string of the molecule is Cc1ccc(C2(c3ccccc3)c3cc(-c4cccc5ccccc45)ccc3-c3ccc(-c4cccc5ccccc45)cc32)cc1. The summed E-state index contributed by atoms with van der Waals surface area (Å²) in [5, 5.41) is 5.08. The number of hydrogen-bond acceptors (Lipinski definition) is 0. The minimum Gasteiger partial charge on any atom is -0.0622 e. The van der Waals surface area contributed by atoms with E-state index in [1.165, 1.54) is 82.7 Å². The fourth-order valence-electron chi connectivity index (χ4n) is 7.89. The van der Waals surface area contributed by atoms with E-state index in [2.05, 4.69) is 183 Å². The molecule has 0 heterocycles. The van der Waals surface area contributed by atoms with Gasteiger partial charge >= 0.3 is 0 Å². The van der Waals surface area contributed by atoms with Crippen LogP contribution in [-0.2, 0) is 5.41 Å². The van der Waals surface area contributed by atoms with Gasteiger partial charge < -0.3 is 0 Å². The molecular weight excluding hydrogens is 553 g/mol. The van der Waals surface area contributed by atoms with Crippen LogP contribution in [-0.4, -0.2) is 0 Å². The van der Waals surface area contributed by atoms with Gasteiger partial charge in [-0.3, -0.25) is 0 Å². The Balaban J connectivity index is 1.38. The second kappa shape index (κ2) is 10.4. The Bertz CT molecular complexity index is 2270. The third-order valence-corrected chi connectivity index (χ3v) is 10.0. The van der Waals surface area contributed by atoms with Gasteiger partial charge in [0.05, 0.1) is 5.41 Å². The number of fused-ring (bicyclic) bond motifs is 5. The topological polar surface area (TPSA) is 0 Å². The lowest BCUT2D eigenvalue weighted by Crippen LogP contribution is -2.28. The molecule has 0 saturated heterocycles. The summed E-state index contributed by atoms with van der Waals surface area (Å²) in [4.78, 5) is 0. The molecule has 216 valence electrons. The van der Waals surface area contributed by atoms with Crippen LogP contribution in [0.1, 0.15) is 27.8 Å². The summed E-state index contributed by atoms with van der Waals surface area (Å²) in [5.74, 6) is 0. The Kier molecular flexibility index (Phi) is 6.05. The fourth-order valence-corrected chi connectivity index (χ4v) is 7.89. The molecule has 0 fully saturated rings. The molecule has 1 aliphatic carbocycles. The molecule has 46 heavy (non-hydrogen) atoms. The van der Waals surface area contributed by atoms with Gasteiger partial charge in [-0.2, -0.15) is 0 Å². The van der Waals surface area contributed by atoms with Crippen molar-refractivity contribution in [3.63, 3.8) is 0 Å². The number of benzene rings is 8. The Morgan fingerprint density at radius 1 is 0.348 bits per heavy atom. The van der Waals surface area contributed by atoms with Crippen molar-refractivity contribution in [3.8, 4) is 33.4 Å². The van der Waals surface area contributed by atoms with Gasteiger partial charge in [-0.25, -0.2) is 0 Å². The minimum absolute atomic E-state index is 0.485. The highest BCUT2D eigenvalue weighted by Gasteiger charge is 2.46. The van der Waals surface area contributed by atoms with E-state index in [4.69, 9.17) is 0 Å². The van der Waals surface area contributed by atoms with E-state index in [0.29, 0.717) is 0 Å². The van der Waals surface area contributed by atoms with E-state index in [1.807, 2.05) is 0 Å². The zero-order valence-electron chi connectivity index (χ0n) is 25.7. The van der Waals surface area contributed by atoms with Gasteiger partial charge in [0.25, 0.3) is 0 Å². The Morgan fingerprint density at radius 2 is 0.804 bits per heavy atom. The van der Waals surface area contributed by atoms with E-state index < -0.39 is 5.41 Å². The highest BCUT2D eigenvalue weighted by Crippen LogP contribution is 2.57. The molecule has 0 atom stereocenters. The van der Waals surface area contributed by atoms with Crippen LogP contribution in [0, 0.1) is 6.92 Å². The van der Waals surface area contributed by atoms with Gasteiger partial charge in [-0.15, -0.1) is 0 Å². The van der Waals surface area contributed by atoms with Gasteiger partial charge in [-0.1, -0.05) is 169 Å². The maximum absolute atomic E-state index is 2.47. The molecule has 0 nitrogen and oxygen atoms in total. The lowest BCUT2D eigenvalue weighted by Gasteiger charge is -2.34. The molecule has 8 aromatic rings. The number of hydrogen-bond donors (Lipinski definition) is 0. The first-order valence-electron chi connectivity index (χ1n) is 16.1. The zero-order valence-corrected chi connectivity index (χ0v) is 25.7. The quantitative estimate of drug-likeness (QED) is 0.193. The molecule has 0 spiro atoms. The van der Waals surface area contributed by atoms with Crippen molar-refractivity contribution >= 4 is 21.5 Å². The van der Waals surface area contributed by atoms with Crippen LogP contribution < -0.4 is 0 Å². The third kappa shape index (κ3) is 3.93. The molecule has 9 rings (SSSR count). The van der Waals surface area contributed by atoms with Crippen molar-refractivity contribution in [2.45, 2.75) is 12.3 Å². The third-order valence-electron chi connectivity index (χ3n) is 10.0. The highest BCUT2D eigenvalue weighted by molar-refractivity contribution is 6.00. The molecule has 0 aromatic heterocycles. The van der Waals surface area contributed by atoms with Crippen LogP contribution in [0.2, 0.25) is 0 Å². The maximum atomic E-state index is 2.47. The molecule has 0 heteroatoms. The predicted octanol–water partition coefficient (Wildman–Crippen LogP) is 12.0. The van der Waals surface area contributed by atoms with Gasteiger partial charge in [0.1, 0.15) is 0 Å². The second-order valence-corrected chi connectivity index (χ2v) is 12.6. The second-order valence-electron chi connectivity index (χ2n) is 12.6. The monoisotopic (exact) mass is 584 g/mol. The molecule has 0 radical (unpaired) electrons. The van der Waals surface area contributed by atoms with Crippen molar-refractivity contribution in [1.29, 1.82) is 0 Å². The Morgan fingerprint density at radius 3 is 1.35 bits per heavy atom. The maximum Gasteiger partial charge on any atom is 0.0714 e. The van der Waals surface area contributed by atoms with E-state index in [1.54, 1.807) is 0 Å². The molecule has 0 aliphatic heterocycles. The van der Waals surface area contributed by atoms with E-state index in [-0.39, 0.29) is 0 Å². The molecule has 0 saturated carbocycles. The van der Waals surface area contributed by atoms with Crippen LogP contribution >= 0.6 is 0 Å². The normalized spacial score (nSPS) is 13.1. The van der Waals surface area contributed by atoms with Gasteiger partial charge in [0, 0.05) is 0 Å². The van der Waals surface area contributed by atoms with Crippen molar-refractivity contribution < 1.29 is 0 Å². The first-order chi connectivity index (χ1) is 22.7. The van der Waals surface area contributed by atoms with Crippen molar-refractivity contribution in [3.05, 3.63) is 204 Å². The van der Waals surface area contributed by atoms with Crippen LogP contribution in [0.5, 0.6) is 0 Å². The van der Waals surface area contributed by atoms with E-state index >= 15 is 0 Å². The molecule has 8 aromatic carbocycles. The first-order valence-corrected chi connectivity index (χ1v) is 16.1. The van der Waals surface area contributed by atoms with Gasteiger partial charge in [0.15, 0.2) is 0 Å². The number of aryl methyl sites for hydroxylation is 1.